The smallest absolute Gasteiger partial charge is 0.337 e. The summed E-state index contributed by atoms with van der Waals surface area (Å²) in [4.78, 5) is 10.7. The molecular weight excluding hydrogens is 212 g/mol. The normalized spacial score (nSPS) is 12.5. The van der Waals surface area contributed by atoms with E-state index in [0.717, 1.165) is 18.4 Å². The van der Waals surface area contributed by atoms with E-state index in [1.54, 1.807) is 12.1 Å². The Kier molecular flexibility index (Phi) is 4.15. The Bertz CT molecular complexity index is 361. The lowest BCUT2D eigenvalue weighted by molar-refractivity contribution is 0.0697. The van der Waals surface area contributed by atoms with Crippen LogP contribution in [0.1, 0.15) is 48.5 Å². The first-order valence-electron chi connectivity index (χ1n) is 5.09. The van der Waals surface area contributed by atoms with Crippen LogP contribution >= 0.6 is 11.6 Å². The number of hydrogen-bond acceptors (Lipinski definition) is 1. The molecule has 0 bridgehead atoms. The molecule has 0 amide bonds. The first kappa shape index (κ1) is 12.1. The van der Waals surface area contributed by atoms with Crippen LogP contribution in [0.3, 0.4) is 0 Å². The Morgan fingerprint density at radius 1 is 1.53 bits per heavy atom. The second-order valence-corrected chi connectivity index (χ2v) is 4.14. The van der Waals surface area contributed by atoms with Crippen molar-refractivity contribution in [3.63, 3.8) is 0 Å². The zero-order chi connectivity index (χ0) is 11.4. The Hall–Kier alpha value is -1.02. The van der Waals surface area contributed by atoms with E-state index in [1.807, 2.05) is 6.07 Å². The number of halogens is 1. The summed E-state index contributed by atoms with van der Waals surface area (Å²) in [5.41, 5.74) is 1.27. The van der Waals surface area contributed by atoms with Gasteiger partial charge in [0.05, 0.1) is 10.6 Å². The maximum atomic E-state index is 10.7. The number of rotatable bonds is 4. The molecule has 1 aromatic rings. The third kappa shape index (κ3) is 2.96. The van der Waals surface area contributed by atoms with Crippen molar-refractivity contribution >= 4 is 17.6 Å². The highest BCUT2D eigenvalue weighted by Gasteiger charge is 2.11. The van der Waals surface area contributed by atoms with E-state index in [2.05, 4.69) is 13.8 Å². The molecule has 0 aliphatic rings. The molecule has 0 heterocycles. The molecular formula is C12H15ClO2. The first-order chi connectivity index (χ1) is 7.06. The summed E-state index contributed by atoms with van der Waals surface area (Å²) in [6.07, 6.45) is 2.20. The van der Waals surface area contributed by atoms with Crippen molar-refractivity contribution in [3.8, 4) is 0 Å². The van der Waals surface area contributed by atoms with Crippen molar-refractivity contribution in [3.05, 3.63) is 34.3 Å². The second-order valence-electron chi connectivity index (χ2n) is 3.73. The van der Waals surface area contributed by atoms with Gasteiger partial charge in [0, 0.05) is 0 Å². The quantitative estimate of drug-likeness (QED) is 0.844. The molecule has 1 aromatic carbocycles. The van der Waals surface area contributed by atoms with Gasteiger partial charge < -0.3 is 5.11 Å². The van der Waals surface area contributed by atoms with Crippen LogP contribution in [0.5, 0.6) is 0 Å². The Morgan fingerprint density at radius 3 is 2.67 bits per heavy atom. The van der Waals surface area contributed by atoms with Crippen molar-refractivity contribution in [1.82, 2.24) is 0 Å². The number of benzene rings is 1. The van der Waals surface area contributed by atoms with Gasteiger partial charge >= 0.3 is 5.97 Å². The van der Waals surface area contributed by atoms with Gasteiger partial charge in [-0.3, -0.25) is 0 Å². The van der Waals surface area contributed by atoms with Gasteiger partial charge in [0.25, 0.3) is 0 Å². The fraction of sp³-hybridized carbons (Fsp3) is 0.417. The molecule has 0 saturated heterocycles. The summed E-state index contributed by atoms with van der Waals surface area (Å²) < 4.78 is 0. The van der Waals surface area contributed by atoms with Gasteiger partial charge in [0.1, 0.15) is 0 Å². The highest BCUT2D eigenvalue weighted by Crippen LogP contribution is 2.25. The topological polar surface area (TPSA) is 37.3 Å². The Balaban J connectivity index is 2.96. The van der Waals surface area contributed by atoms with E-state index in [1.165, 1.54) is 0 Å². The minimum Gasteiger partial charge on any atom is -0.478 e. The molecule has 1 unspecified atom stereocenters. The molecule has 3 heteroatoms. The minimum absolute atomic E-state index is 0.170. The molecule has 0 fully saturated rings. The molecule has 0 saturated carbocycles. The third-order valence-corrected chi connectivity index (χ3v) is 2.83. The number of carboxylic acid groups (broad SMARTS) is 1. The van der Waals surface area contributed by atoms with Gasteiger partial charge in [-0.25, -0.2) is 4.79 Å². The highest BCUT2D eigenvalue weighted by atomic mass is 35.5. The van der Waals surface area contributed by atoms with Gasteiger partial charge in [0.2, 0.25) is 0 Å². The summed E-state index contributed by atoms with van der Waals surface area (Å²) >= 11 is 5.89. The largest absolute Gasteiger partial charge is 0.478 e. The van der Waals surface area contributed by atoms with Crippen molar-refractivity contribution in [2.75, 3.05) is 0 Å². The van der Waals surface area contributed by atoms with Gasteiger partial charge in [-0.2, -0.15) is 0 Å². The van der Waals surface area contributed by atoms with E-state index < -0.39 is 5.97 Å². The van der Waals surface area contributed by atoms with Gasteiger partial charge in [-0.15, -0.1) is 0 Å². The molecule has 1 rings (SSSR count). The molecule has 82 valence electrons. The summed E-state index contributed by atoms with van der Waals surface area (Å²) in [6, 6.07) is 5.17. The van der Waals surface area contributed by atoms with Gasteiger partial charge in [0.15, 0.2) is 0 Å². The Morgan fingerprint density at radius 2 is 2.20 bits per heavy atom. The zero-order valence-electron chi connectivity index (χ0n) is 8.96. The standard InChI is InChI=1S/C12H15ClO2/c1-3-4-8(2)9-5-6-10(12(14)15)11(13)7-9/h5-8H,3-4H2,1-2H3,(H,14,15). The van der Waals surface area contributed by atoms with Crippen LogP contribution < -0.4 is 0 Å². The highest BCUT2D eigenvalue weighted by molar-refractivity contribution is 6.33. The van der Waals surface area contributed by atoms with E-state index in [-0.39, 0.29) is 5.56 Å². The third-order valence-electron chi connectivity index (χ3n) is 2.51. The molecule has 1 atom stereocenters. The van der Waals surface area contributed by atoms with Gasteiger partial charge in [-0.05, 0) is 30.0 Å². The lowest BCUT2D eigenvalue weighted by Gasteiger charge is -2.11. The molecule has 0 aliphatic heterocycles. The summed E-state index contributed by atoms with van der Waals surface area (Å²) in [5.74, 6) is -0.551. The lowest BCUT2D eigenvalue weighted by Crippen LogP contribution is -1.99. The van der Waals surface area contributed by atoms with E-state index in [4.69, 9.17) is 16.7 Å². The second kappa shape index (κ2) is 5.17. The lowest BCUT2D eigenvalue weighted by atomic mass is 9.96. The fourth-order valence-corrected chi connectivity index (χ4v) is 1.88. The Labute approximate surface area is 94.9 Å². The van der Waals surface area contributed by atoms with Crippen LogP contribution in [-0.2, 0) is 0 Å². The molecule has 2 nitrogen and oxygen atoms in total. The van der Waals surface area contributed by atoms with Crippen molar-refractivity contribution < 1.29 is 9.90 Å². The van der Waals surface area contributed by atoms with Crippen LogP contribution in [0.4, 0.5) is 0 Å². The van der Waals surface area contributed by atoms with E-state index >= 15 is 0 Å². The van der Waals surface area contributed by atoms with Crippen LogP contribution in [0.2, 0.25) is 5.02 Å². The van der Waals surface area contributed by atoms with Crippen molar-refractivity contribution in [1.29, 1.82) is 0 Å². The predicted molar refractivity (Wildman–Crippen MR) is 61.7 cm³/mol. The van der Waals surface area contributed by atoms with Crippen LogP contribution in [-0.4, -0.2) is 11.1 Å². The summed E-state index contributed by atoms with van der Waals surface area (Å²) in [5, 5.41) is 9.14. The SMILES string of the molecule is CCCC(C)c1ccc(C(=O)O)c(Cl)c1. The van der Waals surface area contributed by atoms with Crippen LogP contribution in [0.25, 0.3) is 0 Å². The van der Waals surface area contributed by atoms with Crippen LogP contribution in [0, 0.1) is 0 Å². The number of carboxylic acids is 1. The molecule has 0 radical (unpaired) electrons. The molecule has 1 N–H and O–H groups in total. The number of aromatic carboxylic acids is 1. The average Bonchev–Trinajstić information content (AvgIpc) is 2.17. The average molecular weight is 227 g/mol. The molecule has 0 spiro atoms. The number of carbonyl (C=O) groups is 1. The van der Waals surface area contributed by atoms with Crippen LogP contribution in [0.15, 0.2) is 18.2 Å². The maximum Gasteiger partial charge on any atom is 0.337 e. The van der Waals surface area contributed by atoms with E-state index in [9.17, 15) is 4.79 Å². The summed E-state index contributed by atoms with van der Waals surface area (Å²) in [7, 11) is 0. The van der Waals surface area contributed by atoms with Crippen molar-refractivity contribution in [2.24, 2.45) is 0 Å². The maximum absolute atomic E-state index is 10.7. The molecule has 15 heavy (non-hydrogen) atoms. The molecule has 0 aromatic heterocycles. The van der Waals surface area contributed by atoms with Crippen molar-refractivity contribution in [2.45, 2.75) is 32.6 Å². The minimum atomic E-state index is -0.977. The number of hydrogen-bond donors (Lipinski definition) is 1. The monoisotopic (exact) mass is 226 g/mol. The predicted octanol–water partition coefficient (Wildman–Crippen LogP) is 3.94. The molecule has 0 aliphatic carbocycles. The summed E-state index contributed by atoms with van der Waals surface area (Å²) in [6.45, 7) is 4.25. The van der Waals surface area contributed by atoms with Gasteiger partial charge in [-0.1, -0.05) is 37.9 Å². The van der Waals surface area contributed by atoms with E-state index in [0.29, 0.717) is 10.9 Å². The first-order valence-corrected chi connectivity index (χ1v) is 5.46. The zero-order valence-corrected chi connectivity index (χ0v) is 9.71. The fourth-order valence-electron chi connectivity index (χ4n) is 1.61.